The lowest BCUT2D eigenvalue weighted by atomic mass is 9.70. The fourth-order valence-corrected chi connectivity index (χ4v) is 3.43. The predicted molar refractivity (Wildman–Crippen MR) is 86.1 cm³/mol. The van der Waals surface area contributed by atoms with Gasteiger partial charge >= 0.3 is 0 Å². The van der Waals surface area contributed by atoms with Crippen molar-refractivity contribution in [1.82, 2.24) is 15.1 Å². The number of likely N-dealkylation sites (N-methyl/N-ethyl adjacent to an activating group) is 1. The van der Waals surface area contributed by atoms with Crippen LogP contribution in [0.25, 0.3) is 0 Å². The van der Waals surface area contributed by atoms with Crippen LogP contribution in [0.5, 0.6) is 0 Å². The number of rotatable bonds is 5. The van der Waals surface area contributed by atoms with Gasteiger partial charge in [0.05, 0.1) is 5.41 Å². The third-order valence-corrected chi connectivity index (χ3v) is 5.41. The molecule has 0 aromatic carbocycles. The molecule has 2 aliphatic rings. The minimum atomic E-state index is -0.297. The summed E-state index contributed by atoms with van der Waals surface area (Å²) in [5.41, 5.74) is 5.64. The molecule has 122 valence electrons. The second kappa shape index (κ2) is 7.56. The van der Waals surface area contributed by atoms with Gasteiger partial charge < -0.3 is 16.0 Å². The molecule has 1 saturated carbocycles. The monoisotopic (exact) mass is 296 g/mol. The smallest absolute Gasteiger partial charge is 0.227 e. The Morgan fingerprint density at radius 1 is 1.24 bits per heavy atom. The van der Waals surface area contributed by atoms with Crippen LogP contribution in [0.3, 0.4) is 0 Å². The molecule has 2 rings (SSSR count). The number of piperazine rings is 1. The highest BCUT2D eigenvalue weighted by atomic mass is 16.2. The van der Waals surface area contributed by atoms with Crippen LogP contribution in [0.2, 0.25) is 0 Å². The van der Waals surface area contributed by atoms with Crippen molar-refractivity contribution < 1.29 is 4.79 Å². The predicted octanol–water partition coefficient (Wildman–Crippen LogP) is 0.505. The van der Waals surface area contributed by atoms with Gasteiger partial charge in [0.15, 0.2) is 0 Å². The average molecular weight is 296 g/mol. The zero-order chi connectivity index (χ0) is 15.3. The van der Waals surface area contributed by atoms with Gasteiger partial charge in [-0.25, -0.2) is 0 Å². The molecular weight excluding hydrogens is 264 g/mol. The van der Waals surface area contributed by atoms with E-state index in [0.717, 1.165) is 70.9 Å². The summed E-state index contributed by atoms with van der Waals surface area (Å²) in [6.45, 7) is 8.91. The lowest BCUT2D eigenvalue weighted by molar-refractivity contribution is -0.132. The highest BCUT2D eigenvalue weighted by Gasteiger charge is 2.39. The van der Waals surface area contributed by atoms with Crippen molar-refractivity contribution in [1.29, 1.82) is 0 Å². The topological polar surface area (TPSA) is 61.6 Å². The maximum Gasteiger partial charge on any atom is 0.227 e. The van der Waals surface area contributed by atoms with Gasteiger partial charge in [0.25, 0.3) is 0 Å². The molecule has 2 fully saturated rings. The Kier molecular flexibility index (Phi) is 6.02. The van der Waals surface area contributed by atoms with Crippen LogP contribution in [0.15, 0.2) is 0 Å². The van der Waals surface area contributed by atoms with Crippen LogP contribution >= 0.6 is 0 Å². The van der Waals surface area contributed by atoms with Crippen molar-refractivity contribution in [3.63, 3.8) is 0 Å². The van der Waals surface area contributed by atoms with Crippen LogP contribution in [-0.2, 0) is 4.79 Å². The Hall–Kier alpha value is -0.650. The minimum Gasteiger partial charge on any atom is -0.354 e. The van der Waals surface area contributed by atoms with Gasteiger partial charge in [-0.3, -0.25) is 9.69 Å². The first-order valence-corrected chi connectivity index (χ1v) is 8.45. The normalized spacial score (nSPS) is 32.0. The molecule has 1 saturated heterocycles. The molecule has 1 heterocycles. The third-order valence-electron chi connectivity index (χ3n) is 5.41. The van der Waals surface area contributed by atoms with Gasteiger partial charge in [-0.2, -0.15) is 0 Å². The van der Waals surface area contributed by atoms with Crippen molar-refractivity contribution >= 4 is 5.91 Å². The highest BCUT2D eigenvalue weighted by Crippen LogP contribution is 2.38. The summed E-state index contributed by atoms with van der Waals surface area (Å²) in [7, 11) is 2.16. The van der Waals surface area contributed by atoms with E-state index >= 15 is 0 Å². The van der Waals surface area contributed by atoms with Gasteiger partial charge in [0.1, 0.15) is 0 Å². The molecule has 0 spiro atoms. The van der Waals surface area contributed by atoms with E-state index in [1.165, 1.54) is 0 Å². The van der Waals surface area contributed by atoms with E-state index in [2.05, 4.69) is 29.1 Å². The molecule has 1 aliphatic carbocycles. The fourth-order valence-electron chi connectivity index (χ4n) is 3.43. The number of carbonyl (C=O) groups excluding carboxylic acids is 1. The van der Waals surface area contributed by atoms with Crippen molar-refractivity contribution in [3.8, 4) is 0 Å². The number of nitrogens with zero attached hydrogens (tertiary/aromatic N) is 2. The number of hydrogen-bond donors (Lipinski definition) is 2. The SMILES string of the molecule is CC1CCC(CN)(C(=O)NCCN2CCN(C)CC2)CC1. The molecule has 1 amide bonds. The zero-order valence-electron chi connectivity index (χ0n) is 13.7. The van der Waals surface area contributed by atoms with Crippen LogP contribution in [0.4, 0.5) is 0 Å². The number of amides is 1. The van der Waals surface area contributed by atoms with Crippen LogP contribution in [0.1, 0.15) is 32.6 Å². The van der Waals surface area contributed by atoms with E-state index < -0.39 is 0 Å². The maximum atomic E-state index is 12.5. The summed E-state index contributed by atoms with van der Waals surface area (Å²) in [6, 6.07) is 0. The van der Waals surface area contributed by atoms with Crippen molar-refractivity contribution in [2.45, 2.75) is 32.6 Å². The number of hydrogen-bond acceptors (Lipinski definition) is 4. The molecule has 0 radical (unpaired) electrons. The molecular formula is C16H32N4O. The van der Waals surface area contributed by atoms with E-state index in [9.17, 15) is 4.79 Å². The molecule has 0 atom stereocenters. The van der Waals surface area contributed by atoms with E-state index in [1.54, 1.807) is 0 Å². The molecule has 5 heteroatoms. The fraction of sp³-hybridized carbons (Fsp3) is 0.938. The quantitative estimate of drug-likeness (QED) is 0.776. The zero-order valence-corrected chi connectivity index (χ0v) is 13.7. The van der Waals surface area contributed by atoms with Gasteiger partial charge in [-0.1, -0.05) is 6.92 Å². The Bertz CT molecular complexity index is 331. The molecule has 3 N–H and O–H groups in total. The van der Waals surface area contributed by atoms with E-state index in [0.29, 0.717) is 6.54 Å². The van der Waals surface area contributed by atoms with Crippen molar-refractivity contribution in [3.05, 3.63) is 0 Å². The Labute approximate surface area is 129 Å². The number of nitrogens with one attached hydrogen (secondary N) is 1. The standard InChI is InChI=1S/C16H32N4O/c1-14-3-5-16(13-17,6-4-14)15(21)18-7-8-20-11-9-19(2)10-12-20/h14H,3-13,17H2,1-2H3,(H,18,21). The summed E-state index contributed by atoms with van der Waals surface area (Å²) in [4.78, 5) is 17.3. The van der Waals surface area contributed by atoms with Crippen LogP contribution < -0.4 is 11.1 Å². The molecule has 0 unspecified atom stereocenters. The van der Waals surface area contributed by atoms with E-state index in [4.69, 9.17) is 5.73 Å². The largest absolute Gasteiger partial charge is 0.354 e. The molecule has 1 aliphatic heterocycles. The van der Waals surface area contributed by atoms with Crippen molar-refractivity contribution in [2.24, 2.45) is 17.1 Å². The first-order valence-electron chi connectivity index (χ1n) is 8.45. The van der Waals surface area contributed by atoms with E-state index in [1.807, 2.05) is 0 Å². The van der Waals surface area contributed by atoms with Gasteiger partial charge in [-0.15, -0.1) is 0 Å². The Morgan fingerprint density at radius 3 is 2.43 bits per heavy atom. The lowest BCUT2D eigenvalue weighted by Crippen LogP contribution is -2.51. The Balaban J connectivity index is 1.73. The summed E-state index contributed by atoms with van der Waals surface area (Å²) in [6.07, 6.45) is 4.15. The average Bonchev–Trinajstić information content (AvgIpc) is 2.50. The first-order chi connectivity index (χ1) is 10.1. The molecule has 0 bridgehead atoms. The van der Waals surface area contributed by atoms with Crippen molar-refractivity contribution in [2.75, 3.05) is 52.9 Å². The summed E-state index contributed by atoms with van der Waals surface area (Å²) in [5.74, 6) is 0.925. The van der Waals surface area contributed by atoms with Crippen LogP contribution in [-0.4, -0.2) is 68.6 Å². The van der Waals surface area contributed by atoms with Gasteiger partial charge in [0, 0.05) is 45.8 Å². The maximum absolute atomic E-state index is 12.5. The Morgan fingerprint density at radius 2 is 1.86 bits per heavy atom. The summed E-state index contributed by atoms with van der Waals surface area (Å²) < 4.78 is 0. The molecule has 0 aromatic rings. The first kappa shape index (κ1) is 16.7. The highest BCUT2D eigenvalue weighted by molar-refractivity contribution is 5.83. The second-order valence-corrected chi connectivity index (χ2v) is 7.07. The van der Waals surface area contributed by atoms with E-state index in [-0.39, 0.29) is 11.3 Å². The number of carbonyl (C=O) groups is 1. The summed E-state index contributed by atoms with van der Waals surface area (Å²) in [5, 5.41) is 3.14. The molecule has 21 heavy (non-hydrogen) atoms. The lowest BCUT2D eigenvalue weighted by Gasteiger charge is -2.37. The summed E-state index contributed by atoms with van der Waals surface area (Å²) >= 11 is 0. The van der Waals surface area contributed by atoms with Crippen LogP contribution in [0, 0.1) is 11.3 Å². The van der Waals surface area contributed by atoms with Gasteiger partial charge in [0.2, 0.25) is 5.91 Å². The second-order valence-electron chi connectivity index (χ2n) is 7.07. The third kappa shape index (κ3) is 4.41. The minimum absolute atomic E-state index is 0.186. The number of nitrogens with two attached hydrogens (primary N) is 1. The molecule has 0 aromatic heterocycles. The van der Waals surface area contributed by atoms with Gasteiger partial charge in [-0.05, 0) is 38.6 Å². The molecule has 5 nitrogen and oxygen atoms in total.